The van der Waals surface area contributed by atoms with Gasteiger partial charge in [-0.2, -0.15) is 0 Å². The molecule has 2 rings (SSSR count). The Bertz CT molecular complexity index is 340. The molecule has 2 heterocycles. The highest BCUT2D eigenvalue weighted by Crippen LogP contribution is 2.46. The van der Waals surface area contributed by atoms with Gasteiger partial charge in [-0.3, -0.25) is 0 Å². The minimum Gasteiger partial charge on any atom is -0.378 e. The Morgan fingerprint density at radius 3 is 2.43 bits per heavy atom. The zero-order chi connectivity index (χ0) is 15.7. The van der Waals surface area contributed by atoms with Gasteiger partial charge >= 0.3 is 0 Å². The van der Waals surface area contributed by atoms with Crippen LogP contribution in [-0.4, -0.2) is 36.5 Å². The van der Waals surface area contributed by atoms with Crippen LogP contribution in [0, 0.1) is 11.8 Å². The molecule has 0 radical (unpaired) electrons. The number of hydrogen-bond acceptors (Lipinski definition) is 3. The third kappa shape index (κ3) is 3.80. The number of ether oxygens (including phenoxy) is 2. The smallest absolute Gasteiger partial charge is 0.0677 e. The first-order valence-electron chi connectivity index (χ1n) is 8.86. The molecule has 0 saturated carbocycles. The fraction of sp³-hybridized carbons (Fsp3) is 1.00. The van der Waals surface area contributed by atoms with Crippen molar-refractivity contribution in [2.75, 3.05) is 13.2 Å². The van der Waals surface area contributed by atoms with E-state index in [0.717, 1.165) is 26.0 Å². The first-order chi connectivity index (χ1) is 9.80. The summed E-state index contributed by atoms with van der Waals surface area (Å²) >= 11 is 0. The van der Waals surface area contributed by atoms with Crippen LogP contribution in [0.25, 0.3) is 0 Å². The summed E-state index contributed by atoms with van der Waals surface area (Å²) in [4.78, 5) is 0. The summed E-state index contributed by atoms with van der Waals surface area (Å²) in [6.07, 6.45) is 5.03. The normalized spacial score (nSPS) is 36.0. The van der Waals surface area contributed by atoms with E-state index in [1.54, 1.807) is 0 Å². The zero-order valence-corrected chi connectivity index (χ0v) is 14.9. The summed E-state index contributed by atoms with van der Waals surface area (Å²) in [5.74, 6) is 1.18. The third-order valence-corrected chi connectivity index (χ3v) is 5.33. The van der Waals surface area contributed by atoms with E-state index in [-0.39, 0.29) is 11.2 Å². The second-order valence-corrected chi connectivity index (χ2v) is 8.03. The van der Waals surface area contributed by atoms with Gasteiger partial charge < -0.3 is 14.8 Å². The molecule has 0 aromatic carbocycles. The summed E-state index contributed by atoms with van der Waals surface area (Å²) in [6, 6.07) is 0.508. The summed E-state index contributed by atoms with van der Waals surface area (Å²) < 4.78 is 12.3. The summed E-state index contributed by atoms with van der Waals surface area (Å²) in [6.45, 7) is 15.5. The lowest BCUT2D eigenvalue weighted by Crippen LogP contribution is -2.50. The van der Waals surface area contributed by atoms with E-state index >= 15 is 0 Å². The van der Waals surface area contributed by atoms with E-state index in [2.05, 4.69) is 46.9 Å². The molecule has 2 fully saturated rings. The number of hydrogen-bond donors (Lipinski definition) is 1. The predicted octanol–water partition coefficient (Wildman–Crippen LogP) is 3.76. The van der Waals surface area contributed by atoms with Crippen molar-refractivity contribution >= 4 is 0 Å². The average molecular weight is 297 g/mol. The van der Waals surface area contributed by atoms with Gasteiger partial charge in [0.2, 0.25) is 0 Å². The molecule has 3 nitrogen and oxygen atoms in total. The molecule has 4 atom stereocenters. The lowest BCUT2D eigenvalue weighted by atomic mass is 9.74. The lowest BCUT2D eigenvalue weighted by Gasteiger charge is -2.38. The van der Waals surface area contributed by atoms with Crippen molar-refractivity contribution in [3.05, 3.63) is 0 Å². The highest BCUT2D eigenvalue weighted by molar-refractivity contribution is 5.03. The second kappa shape index (κ2) is 6.55. The monoisotopic (exact) mass is 297 g/mol. The van der Waals surface area contributed by atoms with Gasteiger partial charge in [-0.1, -0.05) is 13.8 Å². The van der Waals surface area contributed by atoms with E-state index in [1.165, 1.54) is 12.8 Å². The number of rotatable bonds is 6. The Hall–Kier alpha value is -0.120. The largest absolute Gasteiger partial charge is 0.378 e. The first kappa shape index (κ1) is 17.2. The Labute approximate surface area is 131 Å². The molecule has 0 spiro atoms. The molecule has 0 aromatic heterocycles. The molecule has 2 saturated heterocycles. The maximum Gasteiger partial charge on any atom is 0.0677 e. The highest BCUT2D eigenvalue weighted by atomic mass is 16.5. The minimum atomic E-state index is -0.0597. The fourth-order valence-corrected chi connectivity index (χ4v) is 4.56. The quantitative estimate of drug-likeness (QED) is 0.809. The maximum absolute atomic E-state index is 6.36. The Kier molecular flexibility index (Phi) is 5.38. The van der Waals surface area contributed by atoms with E-state index < -0.39 is 0 Å². The average Bonchev–Trinajstić information content (AvgIpc) is 2.92. The van der Waals surface area contributed by atoms with Crippen LogP contribution in [-0.2, 0) is 9.47 Å². The Morgan fingerprint density at radius 1 is 1.19 bits per heavy atom. The molecule has 124 valence electrons. The van der Waals surface area contributed by atoms with Crippen LogP contribution in [0.5, 0.6) is 0 Å². The van der Waals surface area contributed by atoms with Gasteiger partial charge in [0, 0.05) is 24.5 Å². The highest BCUT2D eigenvalue weighted by Gasteiger charge is 2.51. The van der Waals surface area contributed by atoms with Crippen molar-refractivity contribution in [2.24, 2.45) is 11.8 Å². The SMILES string of the molecule is CCCNC(C1CCOC1CC)C1CC(C)(C)OC1(C)C. The van der Waals surface area contributed by atoms with Crippen LogP contribution in [0.15, 0.2) is 0 Å². The van der Waals surface area contributed by atoms with Crippen molar-refractivity contribution in [1.82, 2.24) is 5.32 Å². The predicted molar refractivity (Wildman–Crippen MR) is 87.6 cm³/mol. The molecule has 3 heteroatoms. The van der Waals surface area contributed by atoms with Crippen molar-refractivity contribution in [3.8, 4) is 0 Å². The van der Waals surface area contributed by atoms with Gasteiger partial charge in [0.15, 0.2) is 0 Å². The Morgan fingerprint density at radius 2 is 1.90 bits per heavy atom. The van der Waals surface area contributed by atoms with Crippen LogP contribution in [0.2, 0.25) is 0 Å². The van der Waals surface area contributed by atoms with Crippen molar-refractivity contribution in [2.45, 2.75) is 90.6 Å². The fourth-order valence-electron chi connectivity index (χ4n) is 4.56. The molecule has 21 heavy (non-hydrogen) atoms. The third-order valence-electron chi connectivity index (χ3n) is 5.33. The molecular weight excluding hydrogens is 262 g/mol. The van der Waals surface area contributed by atoms with E-state index in [4.69, 9.17) is 9.47 Å². The zero-order valence-electron chi connectivity index (χ0n) is 14.9. The summed E-state index contributed by atoms with van der Waals surface area (Å²) in [5.41, 5.74) is -0.0721. The van der Waals surface area contributed by atoms with Crippen LogP contribution >= 0.6 is 0 Å². The van der Waals surface area contributed by atoms with E-state index in [1.807, 2.05) is 0 Å². The van der Waals surface area contributed by atoms with Gasteiger partial charge in [0.25, 0.3) is 0 Å². The van der Waals surface area contributed by atoms with Crippen molar-refractivity contribution in [3.63, 3.8) is 0 Å². The second-order valence-electron chi connectivity index (χ2n) is 8.03. The van der Waals surface area contributed by atoms with E-state index in [0.29, 0.717) is 24.0 Å². The van der Waals surface area contributed by atoms with Crippen LogP contribution in [0.3, 0.4) is 0 Å². The summed E-state index contributed by atoms with van der Waals surface area (Å²) in [5, 5.41) is 3.85. The van der Waals surface area contributed by atoms with Crippen LogP contribution in [0.1, 0.15) is 67.2 Å². The van der Waals surface area contributed by atoms with Gasteiger partial charge in [-0.05, 0) is 59.9 Å². The molecule has 2 aliphatic rings. The van der Waals surface area contributed by atoms with Crippen LogP contribution < -0.4 is 5.32 Å². The van der Waals surface area contributed by atoms with Crippen molar-refractivity contribution in [1.29, 1.82) is 0 Å². The Balaban J connectivity index is 2.19. The van der Waals surface area contributed by atoms with Gasteiger partial charge in [-0.15, -0.1) is 0 Å². The van der Waals surface area contributed by atoms with Gasteiger partial charge in [0.1, 0.15) is 0 Å². The van der Waals surface area contributed by atoms with Crippen molar-refractivity contribution < 1.29 is 9.47 Å². The molecule has 0 aromatic rings. The molecule has 1 N–H and O–H groups in total. The molecule has 0 aliphatic carbocycles. The van der Waals surface area contributed by atoms with Gasteiger partial charge in [0.05, 0.1) is 17.3 Å². The van der Waals surface area contributed by atoms with Crippen LogP contribution in [0.4, 0.5) is 0 Å². The summed E-state index contributed by atoms with van der Waals surface area (Å²) in [7, 11) is 0. The lowest BCUT2D eigenvalue weighted by molar-refractivity contribution is -0.0808. The molecule has 4 unspecified atom stereocenters. The molecular formula is C18H35NO2. The first-order valence-corrected chi connectivity index (χ1v) is 8.86. The number of nitrogens with one attached hydrogen (secondary N) is 1. The van der Waals surface area contributed by atoms with Gasteiger partial charge in [-0.25, -0.2) is 0 Å². The molecule has 0 amide bonds. The van der Waals surface area contributed by atoms with E-state index in [9.17, 15) is 0 Å². The minimum absolute atomic E-state index is 0.0124. The molecule has 0 bridgehead atoms. The maximum atomic E-state index is 6.36. The topological polar surface area (TPSA) is 30.5 Å². The standard InChI is InChI=1S/C18H35NO2/c1-7-10-19-16(13-9-11-20-15(13)8-2)14-12-17(3,4)21-18(14,5)6/h13-16,19H,7-12H2,1-6H3. The molecule has 2 aliphatic heterocycles.